The number of guanidine groups is 1. The topological polar surface area (TPSA) is 66.1 Å². The van der Waals surface area contributed by atoms with Crippen LogP contribution in [0, 0.1) is 0 Å². The Morgan fingerprint density at radius 1 is 1.24 bits per heavy atom. The van der Waals surface area contributed by atoms with Gasteiger partial charge in [-0.05, 0) is 39.0 Å². The summed E-state index contributed by atoms with van der Waals surface area (Å²) in [6, 6.07) is 0. The minimum Gasteiger partial charge on any atom is -0.379 e. The number of ether oxygens (including phenoxy) is 1. The molecule has 0 spiro atoms. The Morgan fingerprint density at radius 3 is 2.62 bits per heavy atom. The van der Waals surface area contributed by atoms with Crippen LogP contribution in [0.4, 0.5) is 0 Å². The molecule has 0 bridgehead atoms. The summed E-state index contributed by atoms with van der Waals surface area (Å²) < 4.78 is 5.33. The van der Waals surface area contributed by atoms with Crippen LogP contribution in [0.25, 0.3) is 0 Å². The molecule has 1 aliphatic heterocycles. The van der Waals surface area contributed by atoms with Gasteiger partial charge in [-0.25, -0.2) is 0 Å². The normalized spacial score (nSPS) is 17.4. The van der Waals surface area contributed by atoms with Crippen molar-refractivity contribution < 1.29 is 4.74 Å². The van der Waals surface area contributed by atoms with Gasteiger partial charge in [-0.1, -0.05) is 13.8 Å². The lowest BCUT2D eigenvalue weighted by Crippen LogP contribution is -2.39. The summed E-state index contributed by atoms with van der Waals surface area (Å²) in [7, 11) is 0. The smallest absolute Gasteiger partial charge is 0.188 e. The van der Waals surface area contributed by atoms with Crippen molar-refractivity contribution in [3.8, 4) is 0 Å². The van der Waals surface area contributed by atoms with Crippen molar-refractivity contribution in [2.45, 2.75) is 26.7 Å². The van der Waals surface area contributed by atoms with Crippen LogP contribution in [0.3, 0.4) is 0 Å². The van der Waals surface area contributed by atoms with Gasteiger partial charge in [0.1, 0.15) is 0 Å². The van der Waals surface area contributed by atoms with Crippen molar-refractivity contribution in [3.05, 3.63) is 0 Å². The molecule has 0 aliphatic carbocycles. The summed E-state index contributed by atoms with van der Waals surface area (Å²) in [6.07, 6.45) is 2.16. The standard InChI is InChI=1S/C15H33N5O/c1-3-19(4-2)9-5-7-17-15(16)18-8-6-10-20-11-13-21-14-12-20/h3-14H2,1-2H3,(H3,16,17,18). The van der Waals surface area contributed by atoms with Crippen LogP contribution in [-0.2, 0) is 4.74 Å². The van der Waals surface area contributed by atoms with Crippen LogP contribution in [-0.4, -0.2) is 81.3 Å². The maximum absolute atomic E-state index is 5.87. The van der Waals surface area contributed by atoms with Crippen LogP contribution < -0.4 is 11.1 Å². The van der Waals surface area contributed by atoms with Crippen LogP contribution in [0.2, 0.25) is 0 Å². The van der Waals surface area contributed by atoms with Gasteiger partial charge in [0, 0.05) is 26.2 Å². The highest BCUT2D eigenvalue weighted by molar-refractivity contribution is 5.77. The van der Waals surface area contributed by atoms with Gasteiger partial charge >= 0.3 is 0 Å². The molecule has 1 aliphatic rings. The number of nitrogens with zero attached hydrogens (tertiary/aromatic N) is 3. The molecule has 0 amide bonds. The zero-order valence-electron chi connectivity index (χ0n) is 13.8. The lowest BCUT2D eigenvalue weighted by Gasteiger charge is -2.26. The molecule has 1 rings (SSSR count). The van der Waals surface area contributed by atoms with Crippen LogP contribution in [0.1, 0.15) is 26.7 Å². The Balaban J connectivity index is 1.99. The van der Waals surface area contributed by atoms with Gasteiger partial charge in [-0.3, -0.25) is 9.89 Å². The van der Waals surface area contributed by atoms with Crippen molar-refractivity contribution in [3.63, 3.8) is 0 Å². The molecule has 0 unspecified atom stereocenters. The predicted molar refractivity (Wildman–Crippen MR) is 88.8 cm³/mol. The molecule has 3 N–H and O–H groups in total. The van der Waals surface area contributed by atoms with E-state index in [0.29, 0.717) is 5.96 Å². The van der Waals surface area contributed by atoms with Crippen molar-refractivity contribution in [2.75, 3.05) is 65.6 Å². The fourth-order valence-corrected chi connectivity index (χ4v) is 2.43. The second-order valence-corrected chi connectivity index (χ2v) is 5.38. The number of aliphatic imine (C=N–C) groups is 1. The number of rotatable bonds is 10. The van der Waals surface area contributed by atoms with Crippen molar-refractivity contribution in [1.82, 2.24) is 15.1 Å². The van der Waals surface area contributed by atoms with Crippen LogP contribution in [0.15, 0.2) is 4.99 Å². The number of hydrogen-bond donors (Lipinski definition) is 2. The first-order chi connectivity index (χ1) is 10.3. The Bertz CT molecular complexity index is 275. The molecule has 0 atom stereocenters. The largest absolute Gasteiger partial charge is 0.379 e. The highest BCUT2D eigenvalue weighted by Gasteiger charge is 2.08. The summed E-state index contributed by atoms with van der Waals surface area (Å²) in [6.45, 7) is 14.3. The van der Waals surface area contributed by atoms with E-state index >= 15 is 0 Å². The zero-order chi connectivity index (χ0) is 15.3. The Hall–Kier alpha value is -0.850. The summed E-state index contributed by atoms with van der Waals surface area (Å²) in [5, 5.41) is 3.19. The summed E-state index contributed by atoms with van der Waals surface area (Å²) in [4.78, 5) is 9.21. The summed E-state index contributed by atoms with van der Waals surface area (Å²) >= 11 is 0. The third-order valence-corrected chi connectivity index (χ3v) is 3.87. The van der Waals surface area contributed by atoms with E-state index in [1.807, 2.05) is 0 Å². The number of nitrogens with one attached hydrogen (secondary N) is 1. The van der Waals surface area contributed by atoms with Gasteiger partial charge in [0.25, 0.3) is 0 Å². The van der Waals surface area contributed by atoms with Crippen molar-refractivity contribution in [1.29, 1.82) is 0 Å². The first-order valence-corrected chi connectivity index (χ1v) is 8.32. The van der Waals surface area contributed by atoms with Gasteiger partial charge in [-0.15, -0.1) is 0 Å². The fraction of sp³-hybridized carbons (Fsp3) is 0.933. The van der Waals surface area contributed by atoms with Crippen molar-refractivity contribution >= 4 is 5.96 Å². The average molecular weight is 299 g/mol. The number of nitrogens with two attached hydrogens (primary N) is 1. The predicted octanol–water partition coefficient (Wildman–Crippen LogP) is 0.345. The number of morpholine rings is 1. The van der Waals surface area contributed by atoms with E-state index in [4.69, 9.17) is 10.5 Å². The van der Waals surface area contributed by atoms with Gasteiger partial charge < -0.3 is 20.7 Å². The third-order valence-electron chi connectivity index (χ3n) is 3.87. The van der Waals surface area contributed by atoms with E-state index in [2.05, 4.69) is 34.0 Å². The lowest BCUT2D eigenvalue weighted by molar-refractivity contribution is 0.0376. The molecule has 6 heteroatoms. The van der Waals surface area contributed by atoms with E-state index in [0.717, 1.165) is 78.4 Å². The Morgan fingerprint density at radius 2 is 1.95 bits per heavy atom. The minimum atomic E-state index is 0.580. The van der Waals surface area contributed by atoms with Gasteiger partial charge in [-0.2, -0.15) is 0 Å². The van der Waals surface area contributed by atoms with Gasteiger partial charge in [0.15, 0.2) is 5.96 Å². The third kappa shape index (κ3) is 8.90. The molecular formula is C15H33N5O. The summed E-state index contributed by atoms with van der Waals surface area (Å²) in [5.74, 6) is 0.580. The highest BCUT2D eigenvalue weighted by atomic mass is 16.5. The fourth-order valence-electron chi connectivity index (χ4n) is 2.43. The molecule has 0 saturated carbocycles. The highest BCUT2D eigenvalue weighted by Crippen LogP contribution is 1.97. The Labute approximate surface area is 129 Å². The quantitative estimate of drug-likeness (QED) is 0.346. The van der Waals surface area contributed by atoms with E-state index in [9.17, 15) is 0 Å². The molecule has 0 aromatic heterocycles. The first-order valence-electron chi connectivity index (χ1n) is 8.32. The molecule has 21 heavy (non-hydrogen) atoms. The van der Waals surface area contributed by atoms with E-state index in [-0.39, 0.29) is 0 Å². The molecule has 1 heterocycles. The SMILES string of the molecule is CCN(CC)CCCN=C(N)NCCCN1CCOCC1. The minimum absolute atomic E-state index is 0.580. The Kier molecular flexibility index (Phi) is 10.2. The summed E-state index contributed by atoms with van der Waals surface area (Å²) in [5.41, 5.74) is 5.87. The van der Waals surface area contributed by atoms with Gasteiger partial charge in [0.05, 0.1) is 13.2 Å². The monoisotopic (exact) mass is 299 g/mol. The van der Waals surface area contributed by atoms with Crippen LogP contribution >= 0.6 is 0 Å². The second kappa shape index (κ2) is 11.8. The maximum atomic E-state index is 5.87. The molecule has 124 valence electrons. The number of hydrogen-bond acceptors (Lipinski definition) is 4. The average Bonchev–Trinajstić information content (AvgIpc) is 2.53. The van der Waals surface area contributed by atoms with E-state index in [1.165, 1.54) is 0 Å². The molecule has 1 fully saturated rings. The maximum Gasteiger partial charge on any atom is 0.188 e. The lowest BCUT2D eigenvalue weighted by atomic mass is 10.3. The molecule has 0 radical (unpaired) electrons. The second-order valence-electron chi connectivity index (χ2n) is 5.38. The van der Waals surface area contributed by atoms with Gasteiger partial charge in [0.2, 0.25) is 0 Å². The first kappa shape index (κ1) is 18.2. The van der Waals surface area contributed by atoms with E-state index < -0.39 is 0 Å². The molecule has 1 saturated heterocycles. The van der Waals surface area contributed by atoms with Crippen molar-refractivity contribution in [2.24, 2.45) is 10.7 Å². The molecule has 0 aromatic carbocycles. The van der Waals surface area contributed by atoms with Crippen LogP contribution in [0.5, 0.6) is 0 Å². The zero-order valence-corrected chi connectivity index (χ0v) is 13.8. The van der Waals surface area contributed by atoms with E-state index in [1.54, 1.807) is 0 Å². The molecule has 6 nitrogen and oxygen atoms in total. The molecular weight excluding hydrogens is 266 g/mol. The molecule has 0 aromatic rings.